The van der Waals surface area contributed by atoms with Gasteiger partial charge in [0.2, 0.25) is 0 Å². The number of hydrogen-bond donors (Lipinski definition) is 2. The van der Waals surface area contributed by atoms with E-state index in [2.05, 4.69) is 41.4 Å². The van der Waals surface area contributed by atoms with Crippen LogP contribution < -0.4 is 5.32 Å². The molecule has 1 heterocycles. The summed E-state index contributed by atoms with van der Waals surface area (Å²) in [4.78, 5) is 15.8. The number of fused-ring (bicyclic) bond motifs is 1. The molecule has 3 unspecified atom stereocenters. The number of benzene rings is 2. The third-order valence-electron chi connectivity index (χ3n) is 7.98. The van der Waals surface area contributed by atoms with Gasteiger partial charge in [0.05, 0.1) is 0 Å². The lowest BCUT2D eigenvalue weighted by Gasteiger charge is -2.33. The molecule has 3 atom stereocenters. The first-order valence-corrected chi connectivity index (χ1v) is 11.9. The van der Waals surface area contributed by atoms with Crippen molar-refractivity contribution < 1.29 is 9.90 Å². The maximum absolute atomic E-state index is 13.3. The monoisotopic (exact) mass is 418 g/mol. The lowest BCUT2D eigenvalue weighted by molar-refractivity contribution is -0.147. The van der Waals surface area contributed by atoms with Crippen LogP contribution >= 0.6 is 0 Å². The predicted molar refractivity (Wildman–Crippen MR) is 122 cm³/mol. The van der Waals surface area contributed by atoms with E-state index in [-0.39, 0.29) is 11.8 Å². The molecule has 31 heavy (non-hydrogen) atoms. The number of aliphatic hydroxyl groups is 1. The van der Waals surface area contributed by atoms with Crippen molar-refractivity contribution in [2.45, 2.75) is 44.8 Å². The van der Waals surface area contributed by atoms with Crippen molar-refractivity contribution in [2.75, 3.05) is 19.6 Å². The van der Waals surface area contributed by atoms with Crippen molar-refractivity contribution in [3.63, 3.8) is 0 Å². The lowest BCUT2D eigenvalue weighted by atomic mass is 9.79. The number of likely N-dealkylation sites (tertiary alicyclic amines) is 1. The number of aryl methyl sites for hydroxylation is 1. The molecule has 5 rings (SSSR count). The molecule has 2 aromatic rings. The third kappa shape index (κ3) is 4.04. The van der Waals surface area contributed by atoms with Gasteiger partial charge in [-0.1, -0.05) is 73.0 Å². The Labute approximate surface area is 185 Å². The molecule has 2 aromatic carbocycles. The van der Waals surface area contributed by atoms with E-state index < -0.39 is 5.60 Å². The smallest absolute Gasteiger partial charge is 0.256 e. The molecular formula is C27H34N2O2. The second-order valence-electron chi connectivity index (χ2n) is 10.00. The highest BCUT2D eigenvalue weighted by molar-refractivity contribution is 5.86. The lowest BCUT2D eigenvalue weighted by Crippen LogP contribution is -2.49. The standard InChI is InChI=1S/C27H34N2O2/c1-19-11-13-20(14-12-19)16-29-17-24-23(25(24)18-29)15-28-26(30)27(31,22-9-5-6-10-22)21-7-3-2-4-8-21/h2-4,7-8,11-14,22-25,31H,5-6,9-10,15-18H2,1H3,(H,28,30). The minimum absolute atomic E-state index is 0.0126. The van der Waals surface area contributed by atoms with Crippen LogP contribution in [0.4, 0.5) is 0 Å². The summed E-state index contributed by atoms with van der Waals surface area (Å²) in [6.45, 7) is 6.06. The number of amides is 1. The zero-order chi connectivity index (χ0) is 21.4. The Balaban J connectivity index is 1.16. The molecule has 4 nitrogen and oxygen atoms in total. The van der Waals surface area contributed by atoms with E-state index in [1.165, 1.54) is 11.1 Å². The molecule has 2 aliphatic carbocycles. The van der Waals surface area contributed by atoms with E-state index in [0.717, 1.165) is 50.9 Å². The largest absolute Gasteiger partial charge is 0.375 e. The Hall–Kier alpha value is -2.17. The molecule has 2 N–H and O–H groups in total. The van der Waals surface area contributed by atoms with Gasteiger partial charge in [-0.2, -0.15) is 0 Å². The van der Waals surface area contributed by atoms with Crippen LogP contribution in [0.25, 0.3) is 0 Å². The van der Waals surface area contributed by atoms with Crippen LogP contribution in [0.1, 0.15) is 42.4 Å². The number of nitrogens with one attached hydrogen (secondary N) is 1. The van der Waals surface area contributed by atoms with Gasteiger partial charge in [-0.05, 0) is 48.6 Å². The number of hydrogen-bond acceptors (Lipinski definition) is 3. The Morgan fingerprint density at radius 1 is 1.03 bits per heavy atom. The van der Waals surface area contributed by atoms with E-state index in [1.54, 1.807) is 0 Å². The van der Waals surface area contributed by atoms with Gasteiger partial charge in [0.25, 0.3) is 5.91 Å². The Morgan fingerprint density at radius 3 is 2.32 bits per heavy atom. The number of rotatable bonds is 7. The number of carbonyl (C=O) groups excluding carboxylic acids is 1. The molecule has 0 spiro atoms. The summed E-state index contributed by atoms with van der Waals surface area (Å²) in [7, 11) is 0. The normalized spacial score (nSPS) is 27.6. The SMILES string of the molecule is Cc1ccc(CN2CC3C(CNC(=O)C(O)(c4ccccc4)C4CCCC4)C3C2)cc1. The van der Waals surface area contributed by atoms with E-state index >= 15 is 0 Å². The summed E-state index contributed by atoms with van der Waals surface area (Å²) in [5.74, 6) is 1.73. The first kappa shape index (κ1) is 20.7. The molecule has 0 bridgehead atoms. The van der Waals surface area contributed by atoms with Crippen LogP contribution in [-0.4, -0.2) is 35.5 Å². The molecule has 0 aromatic heterocycles. The Bertz CT molecular complexity index is 895. The minimum Gasteiger partial charge on any atom is -0.375 e. The van der Waals surface area contributed by atoms with Crippen molar-refractivity contribution >= 4 is 5.91 Å². The number of carbonyl (C=O) groups is 1. The van der Waals surface area contributed by atoms with Crippen LogP contribution in [0.5, 0.6) is 0 Å². The zero-order valence-corrected chi connectivity index (χ0v) is 18.5. The molecule has 4 heteroatoms. The Morgan fingerprint density at radius 2 is 1.68 bits per heavy atom. The van der Waals surface area contributed by atoms with E-state index in [4.69, 9.17) is 0 Å². The van der Waals surface area contributed by atoms with Gasteiger partial charge in [-0.15, -0.1) is 0 Å². The van der Waals surface area contributed by atoms with Gasteiger partial charge in [0.1, 0.15) is 0 Å². The molecule has 164 valence electrons. The van der Waals surface area contributed by atoms with Gasteiger partial charge in [0.15, 0.2) is 5.60 Å². The molecule has 0 radical (unpaired) electrons. The third-order valence-corrected chi connectivity index (χ3v) is 7.98. The first-order chi connectivity index (χ1) is 15.1. The van der Waals surface area contributed by atoms with Crippen LogP contribution in [0.15, 0.2) is 54.6 Å². The summed E-state index contributed by atoms with van der Waals surface area (Å²) < 4.78 is 0. The van der Waals surface area contributed by atoms with Crippen LogP contribution in [0.2, 0.25) is 0 Å². The molecule has 3 fully saturated rings. The van der Waals surface area contributed by atoms with Crippen LogP contribution in [0, 0.1) is 30.6 Å². The fourth-order valence-electron chi connectivity index (χ4n) is 6.05. The summed E-state index contributed by atoms with van der Waals surface area (Å²) in [5.41, 5.74) is 2.01. The first-order valence-electron chi connectivity index (χ1n) is 11.9. The van der Waals surface area contributed by atoms with Crippen molar-refractivity contribution in [2.24, 2.45) is 23.7 Å². The van der Waals surface area contributed by atoms with Gasteiger partial charge in [0, 0.05) is 32.1 Å². The molecule has 1 aliphatic heterocycles. The molecule has 1 saturated heterocycles. The van der Waals surface area contributed by atoms with Crippen molar-refractivity contribution in [3.05, 3.63) is 71.3 Å². The van der Waals surface area contributed by atoms with Crippen molar-refractivity contribution in [3.8, 4) is 0 Å². The number of nitrogens with zero attached hydrogens (tertiary/aromatic N) is 1. The van der Waals surface area contributed by atoms with E-state index in [0.29, 0.717) is 24.3 Å². The maximum Gasteiger partial charge on any atom is 0.256 e. The fourth-order valence-corrected chi connectivity index (χ4v) is 6.05. The molecule has 2 saturated carbocycles. The van der Waals surface area contributed by atoms with Crippen molar-refractivity contribution in [1.29, 1.82) is 0 Å². The quantitative estimate of drug-likeness (QED) is 0.718. The maximum atomic E-state index is 13.3. The van der Waals surface area contributed by atoms with E-state index in [1.807, 2.05) is 30.3 Å². The summed E-state index contributed by atoms with van der Waals surface area (Å²) in [6.07, 6.45) is 4.02. The summed E-state index contributed by atoms with van der Waals surface area (Å²) >= 11 is 0. The summed E-state index contributed by atoms with van der Waals surface area (Å²) in [5, 5.41) is 14.7. The highest BCUT2D eigenvalue weighted by atomic mass is 16.3. The average Bonchev–Trinajstić information content (AvgIpc) is 3.18. The predicted octanol–water partition coefficient (Wildman–Crippen LogP) is 3.87. The topological polar surface area (TPSA) is 52.6 Å². The highest BCUT2D eigenvalue weighted by Gasteiger charge is 2.55. The molecule has 1 amide bonds. The second-order valence-corrected chi connectivity index (χ2v) is 10.00. The van der Waals surface area contributed by atoms with Gasteiger partial charge in [-0.25, -0.2) is 0 Å². The Kier molecular flexibility index (Phi) is 5.61. The fraction of sp³-hybridized carbons (Fsp3) is 0.519. The van der Waals surface area contributed by atoms with Gasteiger partial charge >= 0.3 is 0 Å². The minimum atomic E-state index is -1.40. The highest BCUT2D eigenvalue weighted by Crippen LogP contribution is 2.51. The van der Waals surface area contributed by atoms with Gasteiger partial charge in [-0.3, -0.25) is 9.69 Å². The van der Waals surface area contributed by atoms with Crippen molar-refractivity contribution in [1.82, 2.24) is 10.2 Å². The molecular weight excluding hydrogens is 384 g/mol. The molecule has 3 aliphatic rings. The zero-order valence-electron chi connectivity index (χ0n) is 18.5. The van der Waals surface area contributed by atoms with Gasteiger partial charge < -0.3 is 10.4 Å². The number of piperidine rings is 1. The van der Waals surface area contributed by atoms with Crippen LogP contribution in [0.3, 0.4) is 0 Å². The average molecular weight is 419 g/mol. The van der Waals surface area contributed by atoms with E-state index in [9.17, 15) is 9.90 Å². The van der Waals surface area contributed by atoms with Crippen LogP contribution in [-0.2, 0) is 16.9 Å². The summed E-state index contributed by atoms with van der Waals surface area (Å²) in [6, 6.07) is 18.4. The second kappa shape index (κ2) is 8.40.